The van der Waals surface area contributed by atoms with Gasteiger partial charge in [0.1, 0.15) is 16.9 Å². The van der Waals surface area contributed by atoms with Crippen LogP contribution in [0, 0.1) is 6.92 Å². The molecule has 6 heteroatoms. The normalized spacial score (nSPS) is 18.6. The average molecular weight is 385 g/mol. The van der Waals surface area contributed by atoms with Crippen molar-refractivity contribution in [2.75, 3.05) is 20.3 Å². The van der Waals surface area contributed by atoms with Crippen LogP contribution in [-0.4, -0.2) is 37.6 Å². The summed E-state index contributed by atoms with van der Waals surface area (Å²) in [5, 5.41) is 3.47. The Bertz CT molecular complexity index is 905. The zero-order valence-electron chi connectivity index (χ0n) is 16.6. The topological polar surface area (TPSA) is 77.8 Å². The first-order chi connectivity index (χ1) is 13.5. The third-order valence-corrected chi connectivity index (χ3v) is 5.96. The fourth-order valence-corrected chi connectivity index (χ4v) is 4.55. The van der Waals surface area contributed by atoms with Gasteiger partial charge >= 0.3 is 0 Å². The van der Waals surface area contributed by atoms with Crippen LogP contribution in [0.2, 0.25) is 0 Å². The lowest BCUT2D eigenvalue weighted by Gasteiger charge is -2.37. The number of rotatable bonds is 4. The molecule has 150 valence electrons. The van der Waals surface area contributed by atoms with E-state index in [1.54, 1.807) is 13.2 Å². The van der Waals surface area contributed by atoms with E-state index in [2.05, 4.69) is 5.32 Å². The Hall–Kier alpha value is -2.34. The standard InChI is InChI=1S/C22H27NO5/c1-14-18-16(27-20(14)21(25)23-11-12-26-2)7-8-17-19(18)15(24)13-22(28-17)9-5-3-4-6-10-22/h7-8H,3-6,9-13H2,1-2H3,(H,23,25). The molecule has 1 aliphatic heterocycles. The summed E-state index contributed by atoms with van der Waals surface area (Å²) in [7, 11) is 1.58. The fourth-order valence-electron chi connectivity index (χ4n) is 4.55. The van der Waals surface area contributed by atoms with Crippen LogP contribution in [0.1, 0.15) is 71.4 Å². The van der Waals surface area contributed by atoms with Gasteiger partial charge in [0, 0.05) is 24.6 Å². The van der Waals surface area contributed by atoms with Crippen LogP contribution in [0.5, 0.6) is 5.75 Å². The molecule has 1 aromatic heterocycles. The highest BCUT2D eigenvalue weighted by Crippen LogP contribution is 2.44. The number of benzene rings is 1. The van der Waals surface area contributed by atoms with E-state index in [1.165, 1.54) is 12.8 Å². The zero-order valence-corrected chi connectivity index (χ0v) is 16.6. The number of ketones is 1. The second kappa shape index (κ2) is 7.59. The number of methoxy groups -OCH3 is 1. The number of fused-ring (bicyclic) bond motifs is 3. The second-order valence-electron chi connectivity index (χ2n) is 7.92. The molecule has 1 spiro atoms. The fraction of sp³-hybridized carbons (Fsp3) is 0.545. The number of amides is 1. The largest absolute Gasteiger partial charge is 0.486 e. The van der Waals surface area contributed by atoms with Crippen molar-refractivity contribution in [3.05, 3.63) is 29.0 Å². The maximum atomic E-state index is 13.2. The van der Waals surface area contributed by atoms with Gasteiger partial charge in [-0.05, 0) is 44.7 Å². The summed E-state index contributed by atoms with van der Waals surface area (Å²) in [4.78, 5) is 25.7. The molecule has 0 unspecified atom stereocenters. The van der Waals surface area contributed by atoms with Crippen molar-refractivity contribution in [2.45, 2.75) is 57.5 Å². The Morgan fingerprint density at radius 1 is 1.21 bits per heavy atom. The SMILES string of the molecule is COCCNC(=O)c1oc2ccc3c(c2c1C)C(=O)CC1(CCCCCC1)O3. The lowest BCUT2D eigenvalue weighted by Crippen LogP contribution is -2.41. The minimum Gasteiger partial charge on any atom is -0.486 e. The molecular formula is C22H27NO5. The lowest BCUT2D eigenvalue weighted by atomic mass is 9.83. The first-order valence-electron chi connectivity index (χ1n) is 10.1. The number of carbonyl (C=O) groups is 2. The minimum absolute atomic E-state index is 0.0870. The van der Waals surface area contributed by atoms with E-state index in [9.17, 15) is 9.59 Å². The number of ether oxygens (including phenoxy) is 2. The molecule has 1 fully saturated rings. The molecule has 2 heterocycles. The Kier molecular flexibility index (Phi) is 5.15. The summed E-state index contributed by atoms with van der Waals surface area (Å²) in [6.07, 6.45) is 6.85. The molecule has 1 amide bonds. The molecule has 28 heavy (non-hydrogen) atoms. The second-order valence-corrected chi connectivity index (χ2v) is 7.92. The predicted octanol–water partition coefficient (Wildman–Crippen LogP) is 4.18. The lowest BCUT2D eigenvalue weighted by molar-refractivity contribution is 0.0301. The maximum absolute atomic E-state index is 13.2. The van der Waals surface area contributed by atoms with Crippen molar-refractivity contribution >= 4 is 22.7 Å². The monoisotopic (exact) mass is 385 g/mol. The van der Waals surface area contributed by atoms with Crippen molar-refractivity contribution in [3.63, 3.8) is 0 Å². The first kappa shape index (κ1) is 19.0. The molecule has 1 saturated carbocycles. The number of aryl methyl sites for hydroxylation is 1. The van der Waals surface area contributed by atoms with Gasteiger partial charge in [0.15, 0.2) is 11.5 Å². The van der Waals surface area contributed by atoms with Crippen LogP contribution in [-0.2, 0) is 4.74 Å². The third kappa shape index (κ3) is 3.30. The molecule has 6 nitrogen and oxygen atoms in total. The first-order valence-corrected chi connectivity index (χ1v) is 10.1. The van der Waals surface area contributed by atoms with Crippen LogP contribution < -0.4 is 10.1 Å². The Labute approximate surface area is 164 Å². The van der Waals surface area contributed by atoms with Gasteiger partial charge in [-0.2, -0.15) is 0 Å². The summed E-state index contributed by atoms with van der Waals surface area (Å²) < 4.78 is 17.2. The molecule has 2 aliphatic rings. The van der Waals surface area contributed by atoms with Gasteiger partial charge in [-0.1, -0.05) is 12.8 Å². The van der Waals surface area contributed by atoms with Crippen molar-refractivity contribution in [1.29, 1.82) is 0 Å². The average Bonchev–Trinajstić information content (AvgIpc) is 2.85. The van der Waals surface area contributed by atoms with Crippen molar-refractivity contribution < 1.29 is 23.5 Å². The highest BCUT2D eigenvalue weighted by atomic mass is 16.5. The van der Waals surface area contributed by atoms with Gasteiger partial charge in [0.05, 0.1) is 18.6 Å². The number of nitrogens with one attached hydrogen (secondary N) is 1. The van der Waals surface area contributed by atoms with E-state index in [-0.39, 0.29) is 23.1 Å². The molecule has 2 aromatic rings. The molecule has 0 saturated heterocycles. The molecule has 4 rings (SSSR count). The van der Waals surface area contributed by atoms with E-state index in [0.29, 0.717) is 47.4 Å². The third-order valence-electron chi connectivity index (χ3n) is 5.96. The number of hydrogen-bond acceptors (Lipinski definition) is 5. The van der Waals surface area contributed by atoms with Crippen molar-refractivity contribution in [1.82, 2.24) is 5.32 Å². The van der Waals surface area contributed by atoms with Crippen LogP contribution in [0.3, 0.4) is 0 Å². The van der Waals surface area contributed by atoms with E-state index in [4.69, 9.17) is 13.9 Å². The van der Waals surface area contributed by atoms with Crippen LogP contribution in [0.15, 0.2) is 16.5 Å². The number of carbonyl (C=O) groups excluding carboxylic acids is 2. The summed E-state index contributed by atoms with van der Waals surface area (Å²) in [5.74, 6) is 0.649. The number of furan rings is 1. The Morgan fingerprint density at radius 2 is 1.96 bits per heavy atom. The molecule has 1 aliphatic carbocycles. The van der Waals surface area contributed by atoms with Crippen LogP contribution >= 0.6 is 0 Å². The van der Waals surface area contributed by atoms with E-state index < -0.39 is 0 Å². The predicted molar refractivity (Wildman–Crippen MR) is 105 cm³/mol. The van der Waals surface area contributed by atoms with Crippen molar-refractivity contribution in [2.24, 2.45) is 0 Å². The Morgan fingerprint density at radius 3 is 2.68 bits per heavy atom. The molecule has 1 aromatic carbocycles. The highest BCUT2D eigenvalue weighted by Gasteiger charge is 2.42. The Balaban J connectivity index is 1.71. The van der Waals surface area contributed by atoms with Gasteiger partial charge in [-0.15, -0.1) is 0 Å². The van der Waals surface area contributed by atoms with Gasteiger partial charge in [-0.3, -0.25) is 9.59 Å². The van der Waals surface area contributed by atoms with Gasteiger partial charge < -0.3 is 19.2 Å². The summed E-state index contributed by atoms with van der Waals surface area (Å²) in [6, 6.07) is 3.62. The van der Waals surface area contributed by atoms with E-state index >= 15 is 0 Å². The summed E-state index contributed by atoms with van der Waals surface area (Å²) in [5.41, 5.74) is 1.41. The van der Waals surface area contributed by atoms with Gasteiger partial charge in [0.25, 0.3) is 5.91 Å². The molecule has 0 radical (unpaired) electrons. The van der Waals surface area contributed by atoms with E-state index in [0.717, 1.165) is 25.7 Å². The van der Waals surface area contributed by atoms with Gasteiger partial charge in [0.2, 0.25) is 0 Å². The summed E-state index contributed by atoms with van der Waals surface area (Å²) in [6.45, 7) is 2.64. The number of Topliss-reactive ketones (excluding diaryl/α,β-unsaturated/α-hetero) is 1. The summed E-state index contributed by atoms with van der Waals surface area (Å²) >= 11 is 0. The molecular weight excluding hydrogens is 358 g/mol. The highest BCUT2D eigenvalue weighted by molar-refractivity contribution is 6.13. The maximum Gasteiger partial charge on any atom is 0.287 e. The molecule has 0 atom stereocenters. The quantitative estimate of drug-likeness (QED) is 0.799. The smallest absolute Gasteiger partial charge is 0.287 e. The molecule has 0 bridgehead atoms. The van der Waals surface area contributed by atoms with E-state index in [1.807, 2.05) is 13.0 Å². The number of hydrogen-bond donors (Lipinski definition) is 1. The van der Waals surface area contributed by atoms with Crippen molar-refractivity contribution in [3.8, 4) is 5.75 Å². The van der Waals surface area contributed by atoms with Gasteiger partial charge in [-0.25, -0.2) is 0 Å². The minimum atomic E-state index is -0.369. The van der Waals surface area contributed by atoms with Crippen LogP contribution in [0.25, 0.3) is 11.0 Å². The van der Waals surface area contributed by atoms with Crippen LogP contribution in [0.4, 0.5) is 0 Å². The molecule has 1 N–H and O–H groups in total. The zero-order chi connectivity index (χ0) is 19.7.